The summed E-state index contributed by atoms with van der Waals surface area (Å²) in [5.41, 5.74) is 0. The summed E-state index contributed by atoms with van der Waals surface area (Å²) in [6.45, 7) is 3.56. The molecule has 0 aromatic heterocycles. The van der Waals surface area contributed by atoms with E-state index in [4.69, 9.17) is 22.3 Å². The third-order valence-electron chi connectivity index (χ3n) is 1.99. The van der Waals surface area contributed by atoms with Gasteiger partial charge in [-0.25, -0.2) is 4.79 Å². The van der Waals surface area contributed by atoms with Crippen LogP contribution in [0.5, 0.6) is 0 Å². The van der Waals surface area contributed by atoms with Crippen LogP contribution in [0.4, 0.5) is 4.79 Å². The molecular weight excluding hydrogens is 204 g/mol. The third-order valence-corrected chi connectivity index (χ3v) is 1.99. The highest BCUT2D eigenvalue weighted by molar-refractivity contribution is 5.60. The van der Waals surface area contributed by atoms with Crippen molar-refractivity contribution in [1.29, 1.82) is 0 Å². The number of rotatable bonds is 6. The van der Waals surface area contributed by atoms with Crippen LogP contribution in [0.25, 0.3) is 0 Å². The first kappa shape index (κ1) is 14.4. The predicted octanol–water partition coefficient (Wildman–Crippen LogP) is 2.74. The molecule has 0 N–H and O–H groups in total. The van der Waals surface area contributed by atoms with E-state index in [-0.39, 0.29) is 12.2 Å². The van der Waals surface area contributed by atoms with Gasteiger partial charge in [-0.15, -0.1) is 24.7 Å². The van der Waals surface area contributed by atoms with Gasteiger partial charge in [-0.05, 0) is 26.7 Å². The zero-order valence-electron chi connectivity index (χ0n) is 9.86. The lowest BCUT2D eigenvalue weighted by atomic mass is 10.2. The smallest absolute Gasteiger partial charge is 0.431 e. The summed E-state index contributed by atoms with van der Waals surface area (Å²) in [6, 6.07) is 0. The maximum Gasteiger partial charge on any atom is 0.508 e. The molecule has 0 bridgehead atoms. The normalized spacial score (nSPS) is 13.0. The molecule has 88 valence electrons. The quantitative estimate of drug-likeness (QED) is 0.512. The Labute approximate surface area is 97.5 Å². The lowest BCUT2D eigenvalue weighted by molar-refractivity contribution is 0.00447. The summed E-state index contributed by atoms with van der Waals surface area (Å²) in [6.07, 6.45) is 11.6. The molecule has 0 rings (SSSR count). The first-order chi connectivity index (χ1) is 7.60. The molecule has 0 radical (unpaired) electrons. The van der Waals surface area contributed by atoms with Crippen molar-refractivity contribution in [1.82, 2.24) is 0 Å². The molecule has 0 heterocycles. The van der Waals surface area contributed by atoms with Gasteiger partial charge in [-0.1, -0.05) is 0 Å². The van der Waals surface area contributed by atoms with E-state index >= 15 is 0 Å². The molecule has 0 fully saturated rings. The summed E-state index contributed by atoms with van der Waals surface area (Å²) < 4.78 is 9.99. The number of hydrogen-bond donors (Lipinski definition) is 0. The van der Waals surface area contributed by atoms with Crippen molar-refractivity contribution in [3.63, 3.8) is 0 Å². The van der Waals surface area contributed by atoms with Gasteiger partial charge in [-0.3, -0.25) is 0 Å². The Morgan fingerprint density at radius 2 is 1.44 bits per heavy atom. The lowest BCUT2D eigenvalue weighted by Gasteiger charge is -2.15. The van der Waals surface area contributed by atoms with E-state index in [9.17, 15) is 4.79 Å². The van der Waals surface area contributed by atoms with Crippen molar-refractivity contribution in [3.05, 3.63) is 0 Å². The van der Waals surface area contributed by atoms with E-state index in [1.165, 1.54) is 0 Å². The number of hydrogen-bond acceptors (Lipinski definition) is 3. The fraction of sp³-hybridized carbons (Fsp3) is 0.615. The second-order valence-corrected chi connectivity index (χ2v) is 3.59. The highest BCUT2D eigenvalue weighted by Crippen LogP contribution is 2.06. The predicted molar refractivity (Wildman–Crippen MR) is 62.6 cm³/mol. The SMILES string of the molecule is C#CCCC(C)OC(=O)OC(C)CCC#C. The number of ether oxygens (including phenoxy) is 2. The van der Waals surface area contributed by atoms with Gasteiger partial charge >= 0.3 is 6.16 Å². The Morgan fingerprint density at radius 3 is 1.75 bits per heavy atom. The average Bonchev–Trinajstić information content (AvgIpc) is 2.23. The monoisotopic (exact) mass is 222 g/mol. The van der Waals surface area contributed by atoms with E-state index in [0.29, 0.717) is 25.7 Å². The Hall–Kier alpha value is -1.61. The van der Waals surface area contributed by atoms with Gasteiger partial charge in [0.25, 0.3) is 0 Å². The molecule has 2 unspecified atom stereocenters. The van der Waals surface area contributed by atoms with E-state index in [1.54, 1.807) is 13.8 Å². The fourth-order valence-corrected chi connectivity index (χ4v) is 1.05. The van der Waals surface area contributed by atoms with E-state index < -0.39 is 6.16 Å². The first-order valence-corrected chi connectivity index (χ1v) is 5.34. The van der Waals surface area contributed by atoms with Crippen molar-refractivity contribution in [2.24, 2.45) is 0 Å². The molecular formula is C13H18O3. The van der Waals surface area contributed by atoms with Gasteiger partial charge in [0.2, 0.25) is 0 Å². The van der Waals surface area contributed by atoms with Crippen LogP contribution < -0.4 is 0 Å². The summed E-state index contributed by atoms with van der Waals surface area (Å²) in [5, 5.41) is 0. The Balaban J connectivity index is 3.73. The largest absolute Gasteiger partial charge is 0.508 e. The minimum atomic E-state index is -0.658. The Kier molecular flexibility index (Phi) is 7.81. The molecule has 0 spiro atoms. The standard InChI is InChI=1S/C13H18O3/c1-5-7-9-11(3)15-13(14)16-12(4)10-8-6-2/h1-2,11-12H,7-10H2,3-4H3. The van der Waals surface area contributed by atoms with Crippen LogP contribution in [0.1, 0.15) is 39.5 Å². The minimum Gasteiger partial charge on any atom is -0.431 e. The topological polar surface area (TPSA) is 35.5 Å². The molecule has 0 aromatic carbocycles. The van der Waals surface area contributed by atoms with E-state index in [1.807, 2.05) is 0 Å². The van der Waals surface area contributed by atoms with Crippen LogP contribution in [0, 0.1) is 24.7 Å². The molecule has 2 atom stereocenters. The second kappa shape index (κ2) is 8.68. The highest BCUT2D eigenvalue weighted by atomic mass is 16.7. The molecule has 16 heavy (non-hydrogen) atoms. The van der Waals surface area contributed by atoms with Crippen molar-refractivity contribution in [2.75, 3.05) is 0 Å². The Morgan fingerprint density at radius 1 is 1.06 bits per heavy atom. The van der Waals surface area contributed by atoms with E-state index in [0.717, 1.165) is 0 Å². The Bertz CT molecular complexity index is 255. The van der Waals surface area contributed by atoms with Crippen LogP contribution >= 0.6 is 0 Å². The zero-order chi connectivity index (χ0) is 12.4. The summed E-state index contributed by atoms with van der Waals surface area (Å²) in [5.74, 6) is 4.97. The lowest BCUT2D eigenvalue weighted by Crippen LogP contribution is -2.20. The highest BCUT2D eigenvalue weighted by Gasteiger charge is 2.13. The van der Waals surface area contributed by atoms with Crippen molar-refractivity contribution in [3.8, 4) is 24.7 Å². The molecule has 0 aliphatic heterocycles. The van der Waals surface area contributed by atoms with Gasteiger partial charge in [0.1, 0.15) is 12.2 Å². The zero-order valence-corrected chi connectivity index (χ0v) is 9.86. The van der Waals surface area contributed by atoms with Crippen molar-refractivity contribution in [2.45, 2.75) is 51.7 Å². The first-order valence-electron chi connectivity index (χ1n) is 5.34. The van der Waals surface area contributed by atoms with Crippen LogP contribution in [0.2, 0.25) is 0 Å². The molecule has 0 aromatic rings. The van der Waals surface area contributed by atoms with Crippen LogP contribution in [-0.2, 0) is 9.47 Å². The van der Waals surface area contributed by atoms with E-state index in [2.05, 4.69) is 11.8 Å². The van der Waals surface area contributed by atoms with Crippen molar-refractivity contribution < 1.29 is 14.3 Å². The maximum atomic E-state index is 11.2. The van der Waals surface area contributed by atoms with Gasteiger partial charge in [0.15, 0.2) is 0 Å². The minimum absolute atomic E-state index is 0.219. The van der Waals surface area contributed by atoms with Gasteiger partial charge in [0.05, 0.1) is 0 Å². The molecule has 0 saturated heterocycles. The third kappa shape index (κ3) is 7.76. The number of terminal acetylenes is 2. The molecule has 3 heteroatoms. The van der Waals surface area contributed by atoms with Crippen LogP contribution in [-0.4, -0.2) is 18.4 Å². The summed E-state index contributed by atoms with van der Waals surface area (Å²) >= 11 is 0. The van der Waals surface area contributed by atoms with Crippen LogP contribution in [0.15, 0.2) is 0 Å². The van der Waals surface area contributed by atoms with Gasteiger partial charge in [0, 0.05) is 12.8 Å². The molecule has 0 aliphatic rings. The van der Waals surface area contributed by atoms with Crippen molar-refractivity contribution >= 4 is 6.16 Å². The molecule has 3 nitrogen and oxygen atoms in total. The van der Waals surface area contributed by atoms with Crippen LogP contribution in [0.3, 0.4) is 0 Å². The maximum absolute atomic E-state index is 11.2. The molecule has 0 saturated carbocycles. The molecule has 0 amide bonds. The second-order valence-electron chi connectivity index (χ2n) is 3.59. The number of carbonyl (C=O) groups is 1. The summed E-state index contributed by atoms with van der Waals surface area (Å²) in [7, 11) is 0. The van der Waals surface area contributed by atoms with Gasteiger partial charge < -0.3 is 9.47 Å². The fourth-order valence-electron chi connectivity index (χ4n) is 1.05. The average molecular weight is 222 g/mol. The summed E-state index contributed by atoms with van der Waals surface area (Å²) in [4.78, 5) is 11.2. The molecule has 0 aliphatic carbocycles. The van der Waals surface area contributed by atoms with Gasteiger partial charge in [-0.2, -0.15) is 0 Å². The number of carbonyl (C=O) groups excluding carboxylic acids is 1.